The van der Waals surface area contributed by atoms with Crippen LogP contribution in [0.2, 0.25) is 0 Å². The first-order valence-corrected chi connectivity index (χ1v) is 21.5. The van der Waals surface area contributed by atoms with Gasteiger partial charge in [0.2, 0.25) is 11.8 Å². The van der Waals surface area contributed by atoms with Crippen molar-refractivity contribution in [3.63, 3.8) is 0 Å². The molecule has 2 aliphatic carbocycles. The number of aliphatic hydroxyl groups excluding tert-OH is 1. The molecule has 1 heterocycles. The maximum absolute atomic E-state index is 13.1. The fourth-order valence-electron chi connectivity index (χ4n) is 6.99. The summed E-state index contributed by atoms with van der Waals surface area (Å²) in [4.78, 5) is 60.0. The summed E-state index contributed by atoms with van der Waals surface area (Å²) in [6.45, 7) is 6.41. The number of nitrogens with two attached hydrogens (primary N) is 3. The summed E-state index contributed by atoms with van der Waals surface area (Å²) in [7, 11) is 1.77. The number of primary amides is 1. The predicted octanol–water partition coefficient (Wildman–Crippen LogP) is 2.77. The van der Waals surface area contributed by atoms with Crippen LogP contribution in [0.1, 0.15) is 102 Å². The lowest BCUT2D eigenvalue weighted by atomic mass is 9.91. The molecule has 0 aromatic heterocycles. The van der Waals surface area contributed by atoms with Crippen LogP contribution >= 0.6 is 11.9 Å². The third kappa shape index (κ3) is 17.0. The predicted molar refractivity (Wildman–Crippen MR) is 232 cm³/mol. The van der Waals surface area contributed by atoms with Crippen molar-refractivity contribution >= 4 is 52.8 Å². The van der Waals surface area contributed by atoms with Gasteiger partial charge in [-0.25, -0.2) is 10.6 Å². The lowest BCUT2D eigenvalue weighted by Gasteiger charge is -2.34. The van der Waals surface area contributed by atoms with E-state index in [0.29, 0.717) is 61.6 Å². The molecule has 3 aliphatic rings. The van der Waals surface area contributed by atoms with Crippen LogP contribution < -0.4 is 38.0 Å². The number of aldehydes is 1. The highest BCUT2D eigenvalue weighted by Gasteiger charge is 2.40. The van der Waals surface area contributed by atoms with E-state index in [2.05, 4.69) is 27.6 Å². The van der Waals surface area contributed by atoms with Crippen LogP contribution in [0.4, 0.5) is 4.79 Å². The van der Waals surface area contributed by atoms with Gasteiger partial charge in [-0.05, 0) is 100 Å². The molecule has 5 rings (SSSR count). The number of hydrazine groups is 1. The number of carbonyl (C=O) groups excluding carboxylic acids is 5. The Morgan fingerprint density at radius 1 is 1.02 bits per heavy atom. The fraction of sp³-hybridized carbons (Fsp3) is 0.595. The number of nitrogens with zero attached hydrogens (tertiary/aromatic N) is 2. The molecule has 2 aromatic rings. The number of unbranched alkanes of at least 4 members (excludes halogenated alkanes) is 1. The standard InChI is InChI=1S/C22H42N8O5S.C13H11NO2.C7H14/c1-22(2,35)17(11-23)30(25)13-10-16(29(3)12-13)20(33)27-15(18(31)19(24)32)6-4-5-9-26-21(34)28-36-14-7-8-14;15-8-7-14-13(16)12-6-5-10-3-1-2-4-11(10)9-12;1-7-5-3-2-4-6-7/h11,13-16,18,31,35H,4-10,12,23,25H2,1-3H3,(H2,24,32)(H,27,33)(H2,26,28,34);1-6,8-9H,7H2,(H,14,16);7H,2-6H2,1H3/b17-11-;;. The monoisotopic (exact) mass is 841 g/mol. The number of hydrogen-bond acceptors (Lipinski definition) is 12. The van der Waals surface area contributed by atoms with Gasteiger partial charge < -0.3 is 47.4 Å². The van der Waals surface area contributed by atoms with Gasteiger partial charge in [-0.15, -0.1) is 0 Å². The van der Waals surface area contributed by atoms with Crippen LogP contribution in [0.3, 0.4) is 0 Å². The van der Waals surface area contributed by atoms with Crippen LogP contribution in [-0.4, -0.2) is 112 Å². The van der Waals surface area contributed by atoms with Gasteiger partial charge in [0.1, 0.15) is 11.9 Å². The second-order valence-electron chi connectivity index (χ2n) is 16.2. The molecule has 328 valence electrons. The van der Waals surface area contributed by atoms with E-state index in [4.69, 9.17) is 17.3 Å². The number of hydrogen-bond donors (Lipinski definition) is 9. The average Bonchev–Trinajstić information content (AvgIpc) is 3.96. The topological polar surface area (TPSA) is 258 Å². The van der Waals surface area contributed by atoms with Crippen molar-refractivity contribution in [2.75, 3.05) is 26.7 Å². The quantitative estimate of drug-likeness (QED) is 0.0367. The highest BCUT2D eigenvalue weighted by molar-refractivity contribution is 7.98. The molecule has 3 fully saturated rings. The largest absolute Gasteiger partial charge is 0.403 e. The van der Waals surface area contributed by atoms with E-state index < -0.39 is 29.7 Å². The molecule has 12 N–H and O–H groups in total. The number of carbonyl (C=O) groups is 5. The molecule has 0 bridgehead atoms. The zero-order chi connectivity index (χ0) is 43.5. The molecule has 5 amide bonds. The number of urea groups is 1. The van der Waals surface area contributed by atoms with Crippen molar-refractivity contribution in [2.24, 2.45) is 23.2 Å². The maximum Gasteiger partial charge on any atom is 0.324 e. The normalized spacial score (nSPS) is 19.5. The minimum Gasteiger partial charge on any atom is -0.403 e. The highest BCUT2D eigenvalue weighted by Crippen LogP contribution is 2.31. The van der Waals surface area contributed by atoms with E-state index in [-0.39, 0.29) is 30.4 Å². The van der Waals surface area contributed by atoms with Crippen molar-refractivity contribution in [3.8, 4) is 0 Å². The molecule has 2 saturated carbocycles. The van der Waals surface area contributed by atoms with E-state index in [0.717, 1.165) is 29.5 Å². The third-order valence-electron chi connectivity index (χ3n) is 10.6. The van der Waals surface area contributed by atoms with E-state index in [1.54, 1.807) is 27.0 Å². The van der Waals surface area contributed by atoms with Crippen molar-refractivity contribution in [3.05, 3.63) is 59.9 Å². The van der Waals surface area contributed by atoms with Gasteiger partial charge in [-0.2, -0.15) is 0 Å². The number of benzene rings is 2. The summed E-state index contributed by atoms with van der Waals surface area (Å²) in [5.74, 6) is 5.73. The molecular formula is C42H67N9O7S. The zero-order valence-corrected chi connectivity index (χ0v) is 35.8. The third-order valence-corrected chi connectivity index (χ3v) is 11.7. The number of rotatable bonds is 17. The second-order valence-corrected chi connectivity index (χ2v) is 17.3. The zero-order valence-electron chi connectivity index (χ0n) is 35.0. The number of likely N-dealkylation sites (N-methyl/N-ethyl adjacent to an activating group) is 1. The number of aliphatic hydroxyl groups is 2. The Hall–Kier alpha value is -4.42. The highest BCUT2D eigenvalue weighted by atomic mass is 32.2. The smallest absolute Gasteiger partial charge is 0.324 e. The van der Waals surface area contributed by atoms with Gasteiger partial charge in [0.15, 0.2) is 6.10 Å². The summed E-state index contributed by atoms with van der Waals surface area (Å²) in [6.07, 6.45) is 11.8. The van der Waals surface area contributed by atoms with E-state index in [9.17, 15) is 34.2 Å². The van der Waals surface area contributed by atoms with Gasteiger partial charge in [0, 0.05) is 30.1 Å². The van der Waals surface area contributed by atoms with Crippen molar-refractivity contribution in [1.29, 1.82) is 0 Å². The SMILES string of the molecule is CC1CCCCC1.CN1CC(N(N)/C(=C\N)C(C)(C)O)CC1C(=O)NC(CCCCNC(=O)NSC1CC1)C(O)C(N)=O.O=CCNC(=O)c1ccc2ccccc2c1. The molecule has 4 atom stereocenters. The van der Waals surface area contributed by atoms with E-state index in [1.165, 1.54) is 55.3 Å². The molecule has 1 aliphatic heterocycles. The fourth-order valence-corrected chi connectivity index (χ4v) is 7.71. The van der Waals surface area contributed by atoms with Crippen LogP contribution in [-0.2, 0) is 14.4 Å². The van der Waals surface area contributed by atoms with Crippen molar-refractivity contribution in [2.45, 2.75) is 126 Å². The molecule has 1 saturated heterocycles. The first-order valence-electron chi connectivity index (χ1n) is 20.6. The maximum atomic E-state index is 13.1. The van der Waals surface area contributed by atoms with Crippen LogP contribution in [0.15, 0.2) is 54.4 Å². The Bertz CT molecular complexity index is 1700. The Balaban J connectivity index is 0.000000326. The minimum atomic E-state index is -1.55. The summed E-state index contributed by atoms with van der Waals surface area (Å²) < 4.78 is 2.74. The number of amides is 5. The molecule has 2 aromatic carbocycles. The Kier molecular flexibility index (Phi) is 20.4. The molecule has 16 nitrogen and oxygen atoms in total. The van der Waals surface area contributed by atoms with Crippen LogP contribution in [0.5, 0.6) is 0 Å². The lowest BCUT2D eigenvalue weighted by Crippen LogP contribution is -2.53. The Labute approximate surface area is 352 Å². The molecule has 17 heteroatoms. The van der Waals surface area contributed by atoms with Crippen molar-refractivity contribution < 1.29 is 34.2 Å². The minimum absolute atomic E-state index is 0.0473. The molecule has 59 heavy (non-hydrogen) atoms. The van der Waals surface area contributed by atoms with Gasteiger partial charge in [0.05, 0.1) is 30.4 Å². The Morgan fingerprint density at radius 2 is 1.69 bits per heavy atom. The number of fused-ring (bicyclic) bond motifs is 1. The molecular weight excluding hydrogens is 775 g/mol. The van der Waals surface area contributed by atoms with Gasteiger partial charge in [-0.1, -0.05) is 69.4 Å². The average molecular weight is 842 g/mol. The lowest BCUT2D eigenvalue weighted by molar-refractivity contribution is -0.131. The second kappa shape index (κ2) is 24.6. The number of likely N-dealkylation sites (tertiary alicyclic amines) is 1. The van der Waals surface area contributed by atoms with E-state index in [1.807, 2.05) is 41.3 Å². The molecule has 0 spiro atoms. The summed E-state index contributed by atoms with van der Waals surface area (Å²) >= 11 is 1.42. The molecule has 0 radical (unpaired) electrons. The first-order chi connectivity index (χ1) is 28.0. The van der Waals surface area contributed by atoms with Gasteiger partial charge in [-0.3, -0.25) is 24.0 Å². The number of nitrogens with one attached hydrogen (secondary N) is 4. The van der Waals surface area contributed by atoms with Crippen LogP contribution in [0.25, 0.3) is 10.8 Å². The Morgan fingerprint density at radius 3 is 2.27 bits per heavy atom. The molecule has 4 unspecified atom stereocenters. The summed E-state index contributed by atoms with van der Waals surface area (Å²) in [5.41, 5.74) is 10.6. The first kappa shape index (κ1) is 48.9. The van der Waals surface area contributed by atoms with E-state index >= 15 is 0 Å². The van der Waals surface area contributed by atoms with Crippen LogP contribution in [0, 0.1) is 5.92 Å². The summed E-state index contributed by atoms with van der Waals surface area (Å²) in [5, 5.41) is 32.6. The van der Waals surface area contributed by atoms with Gasteiger partial charge in [0.25, 0.3) is 5.91 Å². The van der Waals surface area contributed by atoms with Crippen molar-refractivity contribution in [1.82, 2.24) is 30.6 Å². The van der Waals surface area contributed by atoms with Gasteiger partial charge >= 0.3 is 6.03 Å². The summed E-state index contributed by atoms with van der Waals surface area (Å²) in [6, 6.07) is 11.3.